The quantitative estimate of drug-likeness (QED) is 0.895. The van der Waals surface area contributed by atoms with Gasteiger partial charge in [-0.2, -0.15) is 0 Å². The first-order chi connectivity index (χ1) is 9.57. The third kappa shape index (κ3) is 4.39. The van der Waals surface area contributed by atoms with Crippen molar-refractivity contribution in [2.75, 3.05) is 13.6 Å². The lowest BCUT2D eigenvalue weighted by molar-refractivity contribution is 0.0775. The minimum atomic E-state index is -4.26. The molecule has 0 saturated carbocycles. The minimum Gasteiger partial charge on any atom is -0.341 e. The highest BCUT2D eigenvalue weighted by Gasteiger charge is 2.23. The Morgan fingerprint density at radius 1 is 1.48 bits per heavy atom. The van der Waals surface area contributed by atoms with Gasteiger partial charge in [0.25, 0.3) is 5.91 Å². The van der Waals surface area contributed by atoms with Crippen LogP contribution in [0.3, 0.4) is 0 Å². The number of nitrogens with two attached hydrogens (primary N) is 1. The number of benzene rings is 1. The summed E-state index contributed by atoms with van der Waals surface area (Å²) in [5, 5.41) is 4.77. The van der Waals surface area contributed by atoms with Crippen molar-refractivity contribution in [3.8, 4) is 0 Å². The maximum absolute atomic E-state index is 13.6. The second-order valence-corrected chi connectivity index (χ2v) is 6.94. The summed E-state index contributed by atoms with van der Waals surface area (Å²) in [7, 11) is -2.69. The van der Waals surface area contributed by atoms with Crippen LogP contribution in [0.2, 0.25) is 5.02 Å². The van der Waals surface area contributed by atoms with E-state index in [9.17, 15) is 17.6 Å². The van der Waals surface area contributed by atoms with Gasteiger partial charge < -0.3 is 4.90 Å². The summed E-state index contributed by atoms with van der Waals surface area (Å²) in [5.41, 5.74) is -0.0899. The number of nitrogens with zero attached hydrogens (tertiary/aromatic N) is 1. The van der Waals surface area contributed by atoms with E-state index in [1.54, 1.807) is 7.05 Å². The smallest absolute Gasteiger partial charge is 0.255 e. The lowest BCUT2D eigenvalue weighted by atomic mass is 10.1. The number of rotatable bonds is 5. The second kappa shape index (κ2) is 6.72. The van der Waals surface area contributed by atoms with Crippen LogP contribution in [0, 0.1) is 11.7 Å². The van der Waals surface area contributed by atoms with E-state index >= 15 is 0 Å². The van der Waals surface area contributed by atoms with Crippen LogP contribution in [0.15, 0.2) is 17.0 Å². The number of hydrogen-bond acceptors (Lipinski definition) is 3. The van der Waals surface area contributed by atoms with E-state index in [0.717, 1.165) is 18.6 Å². The molecular weight excluding hydrogens is 319 g/mol. The molecule has 118 valence electrons. The maximum atomic E-state index is 13.6. The summed E-state index contributed by atoms with van der Waals surface area (Å²) < 4.78 is 36.2. The van der Waals surface area contributed by atoms with Crippen LogP contribution in [0.5, 0.6) is 0 Å². The summed E-state index contributed by atoms with van der Waals surface area (Å²) in [6.45, 7) is 4.45. The van der Waals surface area contributed by atoms with Gasteiger partial charge >= 0.3 is 0 Å². The molecule has 1 atom stereocenters. The van der Waals surface area contributed by atoms with Crippen molar-refractivity contribution in [1.82, 2.24) is 4.90 Å². The molecule has 0 aromatic heterocycles. The molecule has 0 fully saturated rings. The van der Waals surface area contributed by atoms with Gasteiger partial charge in [0.2, 0.25) is 10.0 Å². The molecule has 1 amide bonds. The Balaban J connectivity index is 3.22. The van der Waals surface area contributed by atoms with Crippen molar-refractivity contribution in [3.63, 3.8) is 0 Å². The molecular formula is C13H18ClFN2O3S. The lowest BCUT2D eigenvalue weighted by Gasteiger charge is -2.21. The molecule has 8 heteroatoms. The Morgan fingerprint density at radius 3 is 2.52 bits per heavy atom. The van der Waals surface area contributed by atoms with Crippen molar-refractivity contribution in [2.24, 2.45) is 11.1 Å². The number of carbonyl (C=O) groups is 1. The zero-order valence-electron chi connectivity index (χ0n) is 12.1. The van der Waals surface area contributed by atoms with E-state index in [4.69, 9.17) is 16.7 Å². The zero-order chi connectivity index (χ0) is 16.4. The van der Waals surface area contributed by atoms with E-state index in [1.807, 2.05) is 13.8 Å². The average molecular weight is 337 g/mol. The summed E-state index contributed by atoms with van der Waals surface area (Å²) in [6.07, 6.45) is 0.886. The molecule has 0 aliphatic carbocycles. The van der Waals surface area contributed by atoms with E-state index in [-0.39, 0.29) is 16.5 Å². The Bertz CT molecular complexity index is 649. The van der Waals surface area contributed by atoms with E-state index in [1.165, 1.54) is 4.90 Å². The molecule has 1 rings (SSSR count). The van der Waals surface area contributed by atoms with E-state index in [0.29, 0.717) is 6.54 Å². The number of hydrogen-bond donors (Lipinski definition) is 1. The molecule has 2 N–H and O–H groups in total. The highest BCUT2D eigenvalue weighted by molar-refractivity contribution is 7.89. The van der Waals surface area contributed by atoms with Crippen molar-refractivity contribution >= 4 is 27.5 Å². The fourth-order valence-corrected chi connectivity index (χ4v) is 2.64. The van der Waals surface area contributed by atoms with Gasteiger partial charge in [-0.25, -0.2) is 17.9 Å². The van der Waals surface area contributed by atoms with Crippen LogP contribution in [0.1, 0.15) is 30.6 Å². The Labute approximate surface area is 128 Å². The Hall–Kier alpha value is -1.18. The van der Waals surface area contributed by atoms with Gasteiger partial charge in [-0.1, -0.05) is 31.9 Å². The molecule has 5 nitrogen and oxygen atoms in total. The molecule has 0 heterocycles. The fraction of sp³-hybridized carbons (Fsp3) is 0.462. The van der Waals surface area contributed by atoms with Crippen molar-refractivity contribution in [3.05, 3.63) is 28.5 Å². The Morgan fingerprint density at radius 2 is 2.05 bits per heavy atom. The topological polar surface area (TPSA) is 80.5 Å². The average Bonchev–Trinajstić information content (AvgIpc) is 2.36. The van der Waals surface area contributed by atoms with Crippen molar-refractivity contribution in [1.29, 1.82) is 0 Å². The number of halogens is 2. The predicted octanol–water partition coefficient (Wildman–Crippen LogP) is 2.24. The molecule has 0 radical (unpaired) electrons. The van der Waals surface area contributed by atoms with Gasteiger partial charge in [0.1, 0.15) is 10.7 Å². The number of sulfonamides is 1. The highest BCUT2D eigenvalue weighted by Crippen LogP contribution is 2.24. The molecule has 21 heavy (non-hydrogen) atoms. The minimum absolute atomic E-state index is 0.0899. The monoisotopic (exact) mass is 336 g/mol. The third-order valence-electron chi connectivity index (χ3n) is 3.19. The zero-order valence-corrected chi connectivity index (χ0v) is 13.6. The van der Waals surface area contributed by atoms with Crippen LogP contribution in [-0.2, 0) is 10.0 Å². The van der Waals surface area contributed by atoms with E-state index in [2.05, 4.69) is 0 Å². The van der Waals surface area contributed by atoms with Crippen molar-refractivity contribution < 1.29 is 17.6 Å². The van der Waals surface area contributed by atoms with Gasteiger partial charge in [0.05, 0.1) is 10.6 Å². The molecule has 0 aliphatic heterocycles. The van der Waals surface area contributed by atoms with Crippen LogP contribution >= 0.6 is 11.6 Å². The first kappa shape index (κ1) is 17.9. The fourth-order valence-electron chi connectivity index (χ4n) is 1.80. The standard InChI is InChI=1S/C13H18ClFN2O3S/c1-4-8(2)7-17(3)13(18)9-5-12(21(16,19)20)11(15)6-10(9)14/h5-6,8H,4,7H2,1-3H3,(H2,16,19,20). The highest BCUT2D eigenvalue weighted by atomic mass is 35.5. The molecule has 0 aliphatic rings. The first-order valence-electron chi connectivity index (χ1n) is 6.35. The summed E-state index contributed by atoms with van der Waals surface area (Å²) >= 11 is 5.84. The Kier molecular flexibility index (Phi) is 5.72. The number of carbonyl (C=O) groups excluding carboxylic acids is 1. The molecule has 1 unspecified atom stereocenters. The lowest BCUT2D eigenvalue weighted by Crippen LogP contribution is -2.31. The van der Waals surface area contributed by atoms with Gasteiger partial charge in [0, 0.05) is 13.6 Å². The van der Waals surface area contributed by atoms with E-state index < -0.39 is 26.6 Å². The normalized spacial score (nSPS) is 13.0. The molecule has 1 aromatic rings. The van der Waals surface area contributed by atoms with Crippen LogP contribution in [0.4, 0.5) is 4.39 Å². The summed E-state index contributed by atoms with van der Waals surface area (Å²) in [6, 6.07) is 1.66. The van der Waals surface area contributed by atoms with Crippen molar-refractivity contribution in [2.45, 2.75) is 25.2 Å². The number of primary sulfonamides is 1. The SMILES string of the molecule is CCC(C)CN(C)C(=O)c1cc(S(N)(=O)=O)c(F)cc1Cl. The molecule has 0 bridgehead atoms. The van der Waals surface area contributed by atoms with Crippen LogP contribution in [0.25, 0.3) is 0 Å². The van der Waals surface area contributed by atoms with Crippen LogP contribution in [-0.4, -0.2) is 32.8 Å². The molecule has 1 aromatic carbocycles. The third-order valence-corrected chi connectivity index (χ3v) is 4.43. The van der Waals surface area contributed by atoms with Gasteiger partial charge in [-0.15, -0.1) is 0 Å². The summed E-state index contributed by atoms with van der Waals surface area (Å²) in [4.78, 5) is 13.0. The summed E-state index contributed by atoms with van der Waals surface area (Å²) in [5.74, 6) is -1.29. The molecule has 0 saturated heterocycles. The number of amides is 1. The maximum Gasteiger partial charge on any atom is 0.255 e. The van der Waals surface area contributed by atoms with Gasteiger partial charge in [-0.05, 0) is 18.1 Å². The van der Waals surface area contributed by atoms with Crippen LogP contribution < -0.4 is 5.14 Å². The first-order valence-corrected chi connectivity index (χ1v) is 8.27. The van der Waals surface area contributed by atoms with Gasteiger partial charge in [-0.3, -0.25) is 4.79 Å². The second-order valence-electron chi connectivity index (χ2n) is 5.01. The van der Waals surface area contributed by atoms with Gasteiger partial charge in [0.15, 0.2) is 0 Å². The largest absolute Gasteiger partial charge is 0.341 e. The predicted molar refractivity (Wildman–Crippen MR) is 79.2 cm³/mol. The molecule has 0 spiro atoms.